The quantitative estimate of drug-likeness (QED) is 0.517. The Kier molecular flexibility index (Phi) is 16.2. The molecule has 1 rings (SSSR count). The molecule has 0 spiro atoms. The highest BCUT2D eigenvalue weighted by Gasteiger charge is 2.33. The maximum absolute atomic E-state index is 12.8. The predicted octanol–water partition coefficient (Wildman–Crippen LogP) is 5.60. The van der Waals surface area contributed by atoms with Crippen molar-refractivity contribution in [3.63, 3.8) is 0 Å². The molecule has 27 heavy (non-hydrogen) atoms. The summed E-state index contributed by atoms with van der Waals surface area (Å²) in [5, 5.41) is 0. The van der Waals surface area contributed by atoms with Gasteiger partial charge >= 0.3 is 0 Å². The Hall–Kier alpha value is -0.610. The van der Waals surface area contributed by atoms with E-state index in [-0.39, 0.29) is 16.9 Å². The van der Waals surface area contributed by atoms with Gasteiger partial charge in [-0.2, -0.15) is 0 Å². The van der Waals surface area contributed by atoms with E-state index in [9.17, 15) is 4.79 Å². The molecule has 1 amide bonds. The number of hydrogen-bond acceptors (Lipinski definition) is 3. The van der Waals surface area contributed by atoms with Gasteiger partial charge in [0.05, 0.1) is 5.60 Å². The van der Waals surface area contributed by atoms with Gasteiger partial charge in [0.2, 0.25) is 5.91 Å². The molecule has 0 N–H and O–H groups in total. The molecule has 164 valence electrons. The van der Waals surface area contributed by atoms with Crippen LogP contribution >= 0.6 is 0 Å². The summed E-state index contributed by atoms with van der Waals surface area (Å²) in [6, 6.07) is 0. The first kappa shape index (κ1) is 28.6. The molecule has 0 aliphatic carbocycles. The second-order valence-electron chi connectivity index (χ2n) is 8.13. The summed E-state index contributed by atoms with van der Waals surface area (Å²) in [7, 11) is 0. The van der Waals surface area contributed by atoms with Gasteiger partial charge in [-0.05, 0) is 39.7 Å². The zero-order chi connectivity index (χ0) is 21.5. The van der Waals surface area contributed by atoms with Gasteiger partial charge < -0.3 is 9.64 Å². The molecule has 0 saturated carbocycles. The van der Waals surface area contributed by atoms with E-state index < -0.39 is 0 Å². The van der Waals surface area contributed by atoms with Gasteiger partial charge in [-0.25, -0.2) is 0 Å². The summed E-state index contributed by atoms with van der Waals surface area (Å²) in [4.78, 5) is 17.3. The Morgan fingerprint density at radius 2 is 1.37 bits per heavy atom. The van der Waals surface area contributed by atoms with E-state index in [1.165, 1.54) is 6.42 Å². The van der Waals surface area contributed by atoms with Gasteiger partial charge in [-0.3, -0.25) is 9.69 Å². The van der Waals surface area contributed by atoms with E-state index in [4.69, 9.17) is 4.74 Å². The SMILES string of the molecule is CC.CC.CCCN1CCN(C(=O)C(C)(C)CCOC(C)(C)CCC)CC1. The van der Waals surface area contributed by atoms with E-state index in [0.717, 1.165) is 52.0 Å². The van der Waals surface area contributed by atoms with Crippen molar-refractivity contribution in [3.05, 3.63) is 0 Å². The van der Waals surface area contributed by atoms with Crippen LogP contribution in [0.15, 0.2) is 0 Å². The maximum Gasteiger partial charge on any atom is 0.228 e. The lowest BCUT2D eigenvalue weighted by molar-refractivity contribution is -0.144. The molecule has 0 bridgehead atoms. The summed E-state index contributed by atoms with van der Waals surface area (Å²) in [6.45, 7) is 26.3. The average Bonchev–Trinajstić information content (AvgIpc) is 2.65. The zero-order valence-corrected chi connectivity index (χ0v) is 20.3. The molecular formula is C23H50N2O2. The molecule has 1 saturated heterocycles. The maximum atomic E-state index is 12.8. The third-order valence-electron chi connectivity index (χ3n) is 4.85. The Labute approximate surface area is 171 Å². The Bertz CT molecular complexity index is 359. The van der Waals surface area contributed by atoms with Crippen molar-refractivity contribution in [1.29, 1.82) is 0 Å². The second kappa shape index (κ2) is 15.3. The summed E-state index contributed by atoms with van der Waals surface area (Å²) in [5.74, 6) is 0.283. The van der Waals surface area contributed by atoms with Crippen LogP contribution in [0.3, 0.4) is 0 Å². The molecule has 0 aromatic heterocycles. The topological polar surface area (TPSA) is 32.8 Å². The molecule has 0 radical (unpaired) electrons. The van der Waals surface area contributed by atoms with Crippen molar-refractivity contribution < 1.29 is 9.53 Å². The van der Waals surface area contributed by atoms with E-state index in [0.29, 0.717) is 6.61 Å². The third-order valence-corrected chi connectivity index (χ3v) is 4.85. The second-order valence-corrected chi connectivity index (χ2v) is 8.13. The molecule has 1 aliphatic rings. The first-order valence-corrected chi connectivity index (χ1v) is 11.4. The van der Waals surface area contributed by atoms with Crippen LogP contribution in [-0.4, -0.2) is 60.6 Å². The Morgan fingerprint density at radius 3 is 1.81 bits per heavy atom. The minimum absolute atomic E-state index is 0.0837. The largest absolute Gasteiger partial charge is 0.376 e. The highest BCUT2D eigenvalue weighted by Crippen LogP contribution is 2.26. The van der Waals surface area contributed by atoms with E-state index in [1.807, 2.05) is 32.6 Å². The molecule has 1 aliphatic heterocycles. The zero-order valence-electron chi connectivity index (χ0n) is 20.3. The molecular weight excluding hydrogens is 336 g/mol. The average molecular weight is 387 g/mol. The number of nitrogens with zero attached hydrogens (tertiary/aromatic N) is 2. The number of ether oxygens (including phenoxy) is 1. The highest BCUT2D eigenvalue weighted by molar-refractivity contribution is 5.82. The van der Waals surface area contributed by atoms with Crippen LogP contribution in [0.1, 0.15) is 94.9 Å². The summed E-state index contributed by atoms with van der Waals surface area (Å²) < 4.78 is 6.01. The van der Waals surface area contributed by atoms with Crippen LogP contribution in [0, 0.1) is 5.41 Å². The number of rotatable bonds is 9. The Morgan fingerprint density at radius 1 is 0.852 bits per heavy atom. The molecule has 1 heterocycles. The van der Waals surface area contributed by atoms with Crippen molar-refractivity contribution >= 4 is 5.91 Å². The summed E-state index contributed by atoms with van der Waals surface area (Å²) in [6.07, 6.45) is 4.15. The van der Waals surface area contributed by atoms with Crippen LogP contribution in [0.5, 0.6) is 0 Å². The van der Waals surface area contributed by atoms with Gasteiger partial charge in [-0.1, -0.05) is 61.8 Å². The van der Waals surface area contributed by atoms with Crippen LogP contribution in [0.4, 0.5) is 0 Å². The molecule has 0 aromatic carbocycles. The van der Waals surface area contributed by atoms with Crippen LogP contribution < -0.4 is 0 Å². The first-order valence-electron chi connectivity index (χ1n) is 11.4. The lowest BCUT2D eigenvalue weighted by atomic mass is 9.87. The predicted molar refractivity (Wildman–Crippen MR) is 119 cm³/mol. The molecule has 4 heteroatoms. The van der Waals surface area contributed by atoms with Crippen molar-refractivity contribution in [3.8, 4) is 0 Å². The Balaban J connectivity index is 0. The third kappa shape index (κ3) is 11.7. The summed E-state index contributed by atoms with van der Waals surface area (Å²) in [5.41, 5.74) is -0.422. The van der Waals surface area contributed by atoms with Gasteiger partial charge in [0, 0.05) is 38.2 Å². The molecule has 1 fully saturated rings. The number of amides is 1. The van der Waals surface area contributed by atoms with Crippen molar-refractivity contribution in [2.75, 3.05) is 39.3 Å². The lowest BCUT2D eigenvalue weighted by Crippen LogP contribution is -2.52. The smallest absolute Gasteiger partial charge is 0.228 e. The van der Waals surface area contributed by atoms with Gasteiger partial charge in [0.1, 0.15) is 0 Å². The first-order chi connectivity index (χ1) is 12.7. The standard InChI is InChI=1S/C19H38N2O2.2C2H6/c1-7-9-19(5,6)23-16-10-18(3,4)17(22)21-14-12-20(11-8-2)13-15-21;2*1-2/h7-16H2,1-6H3;2*1-2H3. The van der Waals surface area contributed by atoms with Crippen molar-refractivity contribution in [2.24, 2.45) is 5.41 Å². The fraction of sp³-hybridized carbons (Fsp3) is 0.957. The van der Waals surface area contributed by atoms with Gasteiger partial charge in [0.15, 0.2) is 0 Å². The number of carbonyl (C=O) groups is 1. The van der Waals surface area contributed by atoms with E-state index in [2.05, 4.69) is 46.4 Å². The van der Waals surface area contributed by atoms with Gasteiger partial charge in [0.25, 0.3) is 0 Å². The number of carbonyl (C=O) groups excluding carboxylic acids is 1. The fourth-order valence-corrected chi connectivity index (χ4v) is 3.28. The van der Waals surface area contributed by atoms with Crippen LogP contribution in [-0.2, 0) is 9.53 Å². The van der Waals surface area contributed by atoms with Crippen LogP contribution in [0.25, 0.3) is 0 Å². The van der Waals surface area contributed by atoms with Crippen molar-refractivity contribution in [1.82, 2.24) is 9.80 Å². The number of hydrogen-bond donors (Lipinski definition) is 0. The monoisotopic (exact) mass is 386 g/mol. The van der Waals surface area contributed by atoms with Gasteiger partial charge in [-0.15, -0.1) is 0 Å². The molecule has 0 atom stereocenters. The normalized spacial score (nSPS) is 15.4. The fourth-order valence-electron chi connectivity index (χ4n) is 3.28. The summed E-state index contributed by atoms with van der Waals surface area (Å²) >= 11 is 0. The van der Waals surface area contributed by atoms with Crippen molar-refractivity contribution in [2.45, 2.75) is 101 Å². The minimum Gasteiger partial charge on any atom is -0.376 e. The highest BCUT2D eigenvalue weighted by atomic mass is 16.5. The molecule has 0 unspecified atom stereocenters. The lowest BCUT2D eigenvalue weighted by Gasteiger charge is -2.39. The van der Waals surface area contributed by atoms with Crippen LogP contribution in [0.2, 0.25) is 0 Å². The minimum atomic E-state index is -0.338. The molecule has 4 nitrogen and oxygen atoms in total. The number of piperazine rings is 1. The van der Waals surface area contributed by atoms with E-state index >= 15 is 0 Å². The molecule has 0 aromatic rings. The van der Waals surface area contributed by atoms with E-state index in [1.54, 1.807) is 0 Å².